The summed E-state index contributed by atoms with van der Waals surface area (Å²) in [5, 5.41) is 3.37. The van der Waals surface area contributed by atoms with Crippen molar-refractivity contribution >= 4 is 11.8 Å². The first kappa shape index (κ1) is 25.3. The molecule has 0 saturated heterocycles. The minimum atomic E-state index is -0.569. The van der Waals surface area contributed by atoms with E-state index in [9.17, 15) is 9.59 Å². The summed E-state index contributed by atoms with van der Waals surface area (Å²) in [4.78, 5) is 26.7. The van der Waals surface area contributed by atoms with Crippen molar-refractivity contribution in [1.82, 2.24) is 5.32 Å². The third-order valence-corrected chi connectivity index (χ3v) is 7.26. The molecule has 0 unspecified atom stereocenters. The summed E-state index contributed by atoms with van der Waals surface area (Å²) in [6, 6.07) is 25.6. The molecule has 2 aliphatic rings. The van der Waals surface area contributed by atoms with E-state index in [1.54, 1.807) is 7.11 Å². The summed E-state index contributed by atoms with van der Waals surface area (Å²) in [5.41, 5.74) is 5.53. The standard InChI is InChI=1S/C32H31NO5/c1-20-29(32(35)37-3)30(31-25(33-20)16-24(17-26(31)34)22-12-8-5-9-13-22)23-14-15-27(28(18-23)36-2)38-19-21-10-6-4-7-11-21/h4-15,18,24,30,33H,16-17,19H2,1-3H3/t24-,30+/m1/s1. The lowest BCUT2D eigenvalue weighted by atomic mass is 9.71. The van der Waals surface area contributed by atoms with Crippen LogP contribution in [0.15, 0.2) is 101 Å². The number of esters is 1. The molecule has 1 heterocycles. The van der Waals surface area contributed by atoms with Crippen LogP contribution in [0.5, 0.6) is 11.5 Å². The average Bonchev–Trinajstić information content (AvgIpc) is 2.95. The number of benzene rings is 3. The maximum absolute atomic E-state index is 13.7. The van der Waals surface area contributed by atoms with Crippen LogP contribution in [-0.2, 0) is 20.9 Å². The van der Waals surface area contributed by atoms with Crippen LogP contribution in [0.1, 0.15) is 48.3 Å². The van der Waals surface area contributed by atoms with Gasteiger partial charge in [-0.3, -0.25) is 4.79 Å². The van der Waals surface area contributed by atoms with Gasteiger partial charge in [0.15, 0.2) is 17.3 Å². The van der Waals surface area contributed by atoms with Crippen LogP contribution in [0.4, 0.5) is 0 Å². The van der Waals surface area contributed by atoms with Crippen molar-refractivity contribution in [2.75, 3.05) is 14.2 Å². The Balaban J connectivity index is 1.53. The summed E-state index contributed by atoms with van der Waals surface area (Å²) in [6.45, 7) is 2.25. The van der Waals surface area contributed by atoms with Gasteiger partial charge >= 0.3 is 5.97 Å². The normalized spacial score (nSPS) is 19.0. The molecule has 38 heavy (non-hydrogen) atoms. The topological polar surface area (TPSA) is 73.9 Å². The highest BCUT2D eigenvalue weighted by molar-refractivity contribution is 6.04. The van der Waals surface area contributed by atoms with Crippen LogP contribution in [0.25, 0.3) is 0 Å². The Bertz CT molecular complexity index is 1410. The molecule has 0 aromatic heterocycles. The molecule has 3 aromatic rings. The lowest BCUT2D eigenvalue weighted by molar-refractivity contribution is -0.136. The number of ketones is 1. The molecular formula is C32H31NO5. The van der Waals surface area contributed by atoms with Crippen LogP contribution < -0.4 is 14.8 Å². The van der Waals surface area contributed by atoms with E-state index in [2.05, 4.69) is 17.4 Å². The van der Waals surface area contributed by atoms with E-state index < -0.39 is 11.9 Å². The smallest absolute Gasteiger partial charge is 0.336 e. The van der Waals surface area contributed by atoms with E-state index in [1.165, 1.54) is 7.11 Å². The molecule has 0 radical (unpaired) electrons. The first-order valence-electron chi connectivity index (χ1n) is 12.7. The second-order valence-corrected chi connectivity index (χ2v) is 9.60. The number of methoxy groups -OCH3 is 2. The van der Waals surface area contributed by atoms with Gasteiger partial charge in [0.1, 0.15) is 6.61 Å². The van der Waals surface area contributed by atoms with Gasteiger partial charge in [0.2, 0.25) is 0 Å². The minimum absolute atomic E-state index is 0.0230. The lowest BCUT2D eigenvalue weighted by Crippen LogP contribution is -2.36. The van der Waals surface area contributed by atoms with E-state index in [0.717, 1.165) is 22.4 Å². The fourth-order valence-corrected chi connectivity index (χ4v) is 5.43. The maximum atomic E-state index is 13.7. The Morgan fingerprint density at radius 1 is 0.895 bits per heavy atom. The van der Waals surface area contributed by atoms with Crippen molar-refractivity contribution in [2.45, 2.75) is 38.2 Å². The Kier molecular flexibility index (Phi) is 7.31. The number of nitrogens with one attached hydrogen (secondary N) is 1. The summed E-state index contributed by atoms with van der Waals surface area (Å²) >= 11 is 0. The largest absolute Gasteiger partial charge is 0.493 e. The van der Waals surface area contributed by atoms with Crippen molar-refractivity contribution in [1.29, 1.82) is 0 Å². The first-order chi connectivity index (χ1) is 18.5. The second-order valence-electron chi connectivity index (χ2n) is 9.60. The Morgan fingerprint density at radius 3 is 2.29 bits per heavy atom. The summed E-state index contributed by atoms with van der Waals surface area (Å²) in [7, 11) is 2.94. The molecule has 2 atom stereocenters. The highest BCUT2D eigenvalue weighted by Gasteiger charge is 2.41. The van der Waals surface area contributed by atoms with Gasteiger partial charge in [-0.1, -0.05) is 66.7 Å². The van der Waals surface area contributed by atoms with E-state index in [-0.39, 0.29) is 11.7 Å². The zero-order chi connectivity index (χ0) is 26.6. The molecule has 0 bridgehead atoms. The molecule has 194 valence electrons. The molecule has 3 aromatic carbocycles. The monoisotopic (exact) mass is 509 g/mol. The number of ether oxygens (including phenoxy) is 3. The molecule has 1 aliphatic heterocycles. The minimum Gasteiger partial charge on any atom is -0.493 e. The molecule has 6 heteroatoms. The number of allylic oxidation sites excluding steroid dienone is 3. The molecule has 0 fully saturated rings. The maximum Gasteiger partial charge on any atom is 0.336 e. The number of carbonyl (C=O) groups excluding carboxylic acids is 2. The highest BCUT2D eigenvalue weighted by Crippen LogP contribution is 2.47. The summed E-state index contributed by atoms with van der Waals surface area (Å²) < 4.78 is 16.9. The zero-order valence-electron chi connectivity index (χ0n) is 21.8. The van der Waals surface area contributed by atoms with Crippen LogP contribution in [0.2, 0.25) is 0 Å². The van der Waals surface area contributed by atoms with E-state index in [0.29, 0.717) is 47.8 Å². The second kappa shape index (κ2) is 11.0. The highest BCUT2D eigenvalue weighted by atomic mass is 16.5. The SMILES string of the molecule is COC(=O)C1=C(C)NC2=C(C(=O)C[C@H](c3ccccc3)C2)[C@H]1c1ccc(OCc2ccccc2)c(OC)c1. The molecule has 1 N–H and O–H groups in total. The van der Waals surface area contributed by atoms with Crippen LogP contribution >= 0.6 is 0 Å². The van der Waals surface area contributed by atoms with Gasteiger partial charge in [-0.05, 0) is 48.1 Å². The fraction of sp³-hybridized carbons (Fsp3) is 0.250. The van der Waals surface area contributed by atoms with Gasteiger partial charge in [0, 0.05) is 29.3 Å². The number of hydrogen-bond donors (Lipinski definition) is 1. The number of hydrogen-bond acceptors (Lipinski definition) is 6. The van der Waals surface area contributed by atoms with E-state index in [1.807, 2.05) is 73.7 Å². The van der Waals surface area contributed by atoms with Crippen LogP contribution in [-0.4, -0.2) is 26.0 Å². The number of dihydropyridines is 1. The predicted octanol–water partition coefficient (Wildman–Crippen LogP) is 5.81. The van der Waals surface area contributed by atoms with Crippen molar-refractivity contribution in [3.63, 3.8) is 0 Å². The van der Waals surface area contributed by atoms with Crippen molar-refractivity contribution in [3.8, 4) is 11.5 Å². The molecule has 6 nitrogen and oxygen atoms in total. The molecule has 0 amide bonds. The molecule has 5 rings (SSSR count). The van der Waals surface area contributed by atoms with Gasteiger partial charge in [-0.2, -0.15) is 0 Å². The number of rotatable bonds is 7. The zero-order valence-corrected chi connectivity index (χ0v) is 21.8. The summed E-state index contributed by atoms with van der Waals surface area (Å²) in [5.74, 6) is 0.184. The molecule has 0 saturated carbocycles. The van der Waals surface area contributed by atoms with Gasteiger partial charge in [0.05, 0.1) is 19.8 Å². The van der Waals surface area contributed by atoms with Gasteiger partial charge < -0.3 is 19.5 Å². The van der Waals surface area contributed by atoms with Gasteiger partial charge in [-0.25, -0.2) is 4.79 Å². The third-order valence-electron chi connectivity index (χ3n) is 7.26. The van der Waals surface area contributed by atoms with Gasteiger partial charge in [0.25, 0.3) is 0 Å². The first-order valence-corrected chi connectivity index (χ1v) is 12.7. The fourth-order valence-electron chi connectivity index (χ4n) is 5.43. The summed E-state index contributed by atoms with van der Waals surface area (Å²) in [6.07, 6.45) is 1.06. The third kappa shape index (κ3) is 4.94. The number of Topliss-reactive ketones (excluding diaryl/α,β-unsaturated/α-hetero) is 1. The number of carbonyl (C=O) groups is 2. The lowest BCUT2D eigenvalue weighted by Gasteiger charge is -2.36. The average molecular weight is 510 g/mol. The quantitative estimate of drug-likeness (QED) is 0.405. The van der Waals surface area contributed by atoms with Crippen LogP contribution in [0, 0.1) is 0 Å². The molecule has 1 aliphatic carbocycles. The van der Waals surface area contributed by atoms with E-state index in [4.69, 9.17) is 14.2 Å². The Hall–Kier alpha value is -4.32. The Morgan fingerprint density at radius 2 is 1.61 bits per heavy atom. The van der Waals surface area contributed by atoms with Crippen LogP contribution in [0.3, 0.4) is 0 Å². The molecule has 0 spiro atoms. The van der Waals surface area contributed by atoms with Gasteiger partial charge in [-0.15, -0.1) is 0 Å². The van der Waals surface area contributed by atoms with Crippen molar-refractivity contribution in [3.05, 3.63) is 118 Å². The van der Waals surface area contributed by atoms with Crippen molar-refractivity contribution < 1.29 is 23.8 Å². The predicted molar refractivity (Wildman–Crippen MR) is 145 cm³/mol. The Labute approximate surface area is 222 Å². The molecular weight excluding hydrogens is 478 g/mol. The van der Waals surface area contributed by atoms with E-state index >= 15 is 0 Å². The van der Waals surface area contributed by atoms with Crippen molar-refractivity contribution in [2.24, 2.45) is 0 Å².